The van der Waals surface area contributed by atoms with Crippen molar-refractivity contribution in [3.8, 4) is 5.75 Å². The fraction of sp³-hybridized carbons (Fsp3) is 0.333. The number of amides is 1. The third-order valence-electron chi connectivity index (χ3n) is 4.00. The Labute approximate surface area is 141 Å². The molecule has 0 spiro atoms. The van der Waals surface area contributed by atoms with E-state index in [1.807, 2.05) is 24.3 Å². The Kier molecular flexibility index (Phi) is 5.28. The molecule has 24 heavy (non-hydrogen) atoms. The molecule has 6 nitrogen and oxygen atoms in total. The van der Waals surface area contributed by atoms with Crippen molar-refractivity contribution in [2.24, 2.45) is 0 Å². The molecular formula is C18H21N3O3. The van der Waals surface area contributed by atoms with E-state index in [1.165, 1.54) is 0 Å². The van der Waals surface area contributed by atoms with E-state index in [0.29, 0.717) is 18.7 Å². The molecule has 2 aromatic rings. The highest BCUT2D eigenvalue weighted by Crippen LogP contribution is 2.18. The van der Waals surface area contributed by atoms with Crippen LogP contribution < -0.4 is 10.2 Å². The van der Waals surface area contributed by atoms with E-state index in [-0.39, 0.29) is 11.7 Å². The fourth-order valence-electron chi connectivity index (χ4n) is 2.64. The van der Waals surface area contributed by atoms with Gasteiger partial charge in [0.25, 0.3) is 0 Å². The number of aryl methyl sites for hydroxylation is 1. The van der Waals surface area contributed by atoms with Crippen LogP contribution in [0.3, 0.4) is 0 Å². The summed E-state index contributed by atoms with van der Waals surface area (Å²) in [5, 5.41) is 12.5. The van der Waals surface area contributed by atoms with Crippen molar-refractivity contribution in [2.75, 3.05) is 36.5 Å². The molecule has 2 heterocycles. The first-order valence-electron chi connectivity index (χ1n) is 8.08. The molecule has 0 aliphatic carbocycles. The van der Waals surface area contributed by atoms with Crippen molar-refractivity contribution in [2.45, 2.75) is 12.8 Å². The molecule has 1 aromatic heterocycles. The summed E-state index contributed by atoms with van der Waals surface area (Å²) in [5.41, 5.74) is 1.80. The van der Waals surface area contributed by atoms with Crippen LogP contribution in [0.1, 0.15) is 12.0 Å². The van der Waals surface area contributed by atoms with Crippen molar-refractivity contribution in [3.05, 3.63) is 48.2 Å². The van der Waals surface area contributed by atoms with Gasteiger partial charge in [-0.1, -0.05) is 18.2 Å². The number of hydrogen-bond acceptors (Lipinski definition) is 5. The van der Waals surface area contributed by atoms with Crippen LogP contribution in [0.2, 0.25) is 0 Å². The predicted octanol–water partition coefficient (Wildman–Crippen LogP) is 2.20. The lowest BCUT2D eigenvalue weighted by atomic mass is 10.1. The van der Waals surface area contributed by atoms with E-state index < -0.39 is 0 Å². The quantitative estimate of drug-likeness (QED) is 0.880. The van der Waals surface area contributed by atoms with E-state index in [2.05, 4.69) is 15.2 Å². The van der Waals surface area contributed by atoms with Gasteiger partial charge in [0, 0.05) is 19.5 Å². The Morgan fingerprint density at radius 2 is 2.00 bits per heavy atom. The molecule has 126 valence electrons. The first-order valence-corrected chi connectivity index (χ1v) is 8.08. The molecule has 0 atom stereocenters. The minimum absolute atomic E-state index is 0.120. The average molecular weight is 327 g/mol. The Hall–Kier alpha value is -2.60. The van der Waals surface area contributed by atoms with Crippen molar-refractivity contribution < 1.29 is 14.6 Å². The van der Waals surface area contributed by atoms with Crippen LogP contribution in [-0.2, 0) is 16.0 Å². The summed E-state index contributed by atoms with van der Waals surface area (Å²) in [6, 6.07) is 10.8. The number of phenols is 1. The van der Waals surface area contributed by atoms with Crippen LogP contribution in [0.4, 0.5) is 11.5 Å². The zero-order valence-corrected chi connectivity index (χ0v) is 13.4. The summed E-state index contributed by atoms with van der Waals surface area (Å²) in [6.07, 6.45) is 2.55. The fourth-order valence-corrected chi connectivity index (χ4v) is 2.64. The zero-order valence-electron chi connectivity index (χ0n) is 13.4. The summed E-state index contributed by atoms with van der Waals surface area (Å²) in [5.74, 6) is 0.637. The number of anilines is 2. The van der Waals surface area contributed by atoms with Crippen molar-refractivity contribution in [1.29, 1.82) is 0 Å². The number of benzene rings is 1. The molecule has 3 rings (SSSR count). The van der Waals surface area contributed by atoms with Gasteiger partial charge >= 0.3 is 0 Å². The third kappa shape index (κ3) is 4.23. The Balaban J connectivity index is 1.52. The van der Waals surface area contributed by atoms with Crippen molar-refractivity contribution >= 4 is 17.4 Å². The molecule has 1 saturated heterocycles. The first-order chi connectivity index (χ1) is 11.7. The van der Waals surface area contributed by atoms with Crippen LogP contribution in [0, 0.1) is 0 Å². The average Bonchev–Trinajstić information content (AvgIpc) is 2.62. The number of carbonyl (C=O) groups excluding carboxylic acids is 1. The number of nitrogens with zero attached hydrogens (tertiary/aromatic N) is 2. The van der Waals surface area contributed by atoms with Gasteiger partial charge in [-0.15, -0.1) is 0 Å². The molecule has 2 N–H and O–H groups in total. The molecule has 0 bridgehead atoms. The van der Waals surface area contributed by atoms with Crippen molar-refractivity contribution in [3.63, 3.8) is 0 Å². The minimum atomic E-state index is -0.120. The summed E-state index contributed by atoms with van der Waals surface area (Å²) in [7, 11) is 0. The van der Waals surface area contributed by atoms with E-state index in [0.717, 1.165) is 37.6 Å². The predicted molar refractivity (Wildman–Crippen MR) is 92.3 cm³/mol. The maximum Gasteiger partial charge on any atom is 0.225 e. The number of para-hydroxylation sites is 1. The maximum absolute atomic E-state index is 12.0. The molecule has 1 aliphatic heterocycles. The highest BCUT2D eigenvalue weighted by atomic mass is 16.5. The summed E-state index contributed by atoms with van der Waals surface area (Å²) in [4.78, 5) is 18.5. The zero-order chi connectivity index (χ0) is 16.8. The van der Waals surface area contributed by atoms with Gasteiger partial charge in [0.2, 0.25) is 5.91 Å². The number of ether oxygens (including phenoxy) is 1. The molecule has 1 fully saturated rings. The number of pyridine rings is 1. The highest BCUT2D eigenvalue weighted by molar-refractivity contribution is 5.90. The van der Waals surface area contributed by atoms with Gasteiger partial charge in [-0.05, 0) is 30.2 Å². The van der Waals surface area contributed by atoms with E-state index in [4.69, 9.17) is 4.74 Å². The molecule has 6 heteroatoms. The van der Waals surface area contributed by atoms with Gasteiger partial charge in [0.1, 0.15) is 11.6 Å². The Morgan fingerprint density at radius 1 is 1.21 bits per heavy atom. The molecule has 1 aliphatic rings. The van der Waals surface area contributed by atoms with E-state index >= 15 is 0 Å². The SMILES string of the molecule is O=C(CCc1ccccc1O)Nc1ccc(N2CCOCC2)cn1. The number of nitrogens with one attached hydrogen (secondary N) is 1. The topological polar surface area (TPSA) is 74.7 Å². The number of phenolic OH excluding ortho intramolecular Hbond substituents is 1. The largest absolute Gasteiger partial charge is 0.508 e. The number of hydrogen-bond donors (Lipinski definition) is 2. The van der Waals surface area contributed by atoms with Crippen LogP contribution in [0.5, 0.6) is 5.75 Å². The lowest BCUT2D eigenvalue weighted by Crippen LogP contribution is -2.36. The van der Waals surface area contributed by atoms with Crippen LogP contribution in [0.25, 0.3) is 0 Å². The van der Waals surface area contributed by atoms with Gasteiger partial charge in [-0.3, -0.25) is 4.79 Å². The first kappa shape index (κ1) is 16.3. The Bertz CT molecular complexity index is 682. The standard InChI is InChI=1S/C18H21N3O3/c22-16-4-2-1-3-14(16)5-8-18(23)20-17-7-6-15(13-19-17)21-9-11-24-12-10-21/h1-4,6-7,13,22H,5,8-12H2,(H,19,20,23). The molecule has 0 saturated carbocycles. The number of aromatic nitrogens is 1. The van der Waals surface area contributed by atoms with Crippen LogP contribution in [0.15, 0.2) is 42.6 Å². The summed E-state index contributed by atoms with van der Waals surface area (Å²) < 4.78 is 5.33. The van der Waals surface area contributed by atoms with Crippen LogP contribution >= 0.6 is 0 Å². The van der Waals surface area contributed by atoms with Crippen molar-refractivity contribution in [1.82, 2.24) is 4.98 Å². The summed E-state index contributed by atoms with van der Waals surface area (Å²) in [6.45, 7) is 3.16. The second kappa shape index (κ2) is 7.79. The number of carbonyl (C=O) groups is 1. The lowest BCUT2D eigenvalue weighted by molar-refractivity contribution is -0.116. The molecule has 0 unspecified atom stereocenters. The van der Waals surface area contributed by atoms with Gasteiger partial charge in [-0.25, -0.2) is 4.98 Å². The molecule has 1 aromatic carbocycles. The molecule has 1 amide bonds. The lowest BCUT2D eigenvalue weighted by Gasteiger charge is -2.28. The van der Waals surface area contributed by atoms with Gasteiger partial charge in [0.15, 0.2) is 0 Å². The highest BCUT2D eigenvalue weighted by Gasteiger charge is 2.12. The van der Waals surface area contributed by atoms with Crippen LogP contribution in [-0.4, -0.2) is 42.3 Å². The van der Waals surface area contributed by atoms with E-state index in [9.17, 15) is 9.90 Å². The third-order valence-corrected chi connectivity index (χ3v) is 4.00. The summed E-state index contributed by atoms with van der Waals surface area (Å²) >= 11 is 0. The van der Waals surface area contributed by atoms with Gasteiger partial charge in [-0.2, -0.15) is 0 Å². The maximum atomic E-state index is 12.0. The second-order valence-electron chi connectivity index (χ2n) is 5.68. The monoisotopic (exact) mass is 327 g/mol. The molecular weight excluding hydrogens is 306 g/mol. The molecule has 0 radical (unpaired) electrons. The smallest absolute Gasteiger partial charge is 0.225 e. The minimum Gasteiger partial charge on any atom is -0.508 e. The number of aromatic hydroxyl groups is 1. The number of rotatable bonds is 5. The second-order valence-corrected chi connectivity index (χ2v) is 5.68. The van der Waals surface area contributed by atoms with E-state index in [1.54, 1.807) is 18.3 Å². The normalized spacial score (nSPS) is 14.4. The Morgan fingerprint density at radius 3 is 2.71 bits per heavy atom. The number of morpholine rings is 1. The van der Waals surface area contributed by atoms with Gasteiger partial charge < -0.3 is 20.1 Å². The van der Waals surface area contributed by atoms with Gasteiger partial charge in [0.05, 0.1) is 25.1 Å².